The first kappa shape index (κ1) is 22.8. The number of benzene rings is 3. The fourth-order valence-corrected chi connectivity index (χ4v) is 6.30. The summed E-state index contributed by atoms with van der Waals surface area (Å²) in [5, 5.41) is 5.58. The number of rotatable bonds is 5. The molecule has 3 nitrogen and oxygen atoms in total. The molecule has 5 heteroatoms. The minimum atomic E-state index is -0.370. The van der Waals surface area contributed by atoms with E-state index in [2.05, 4.69) is 99.6 Å². The minimum Gasteiger partial charge on any atom is -0.321 e. The quantitative estimate of drug-likeness (QED) is 0.205. The van der Waals surface area contributed by atoms with Crippen molar-refractivity contribution in [2.45, 2.75) is 41.3 Å². The van der Waals surface area contributed by atoms with Gasteiger partial charge in [-0.15, -0.1) is 0 Å². The standard InChI is InChI=1S/C28H27ClIN3/c29-22-10-11-24-25(13-15-32-26(24)16-22)28(31)14-12-23(17-27(28)30)33-18-19-6-8-21(9-7-19)20-4-2-1-3-5-20/h1-11,13,15-16,23,27,33H,12,14,17-18,31H2. The van der Waals surface area contributed by atoms with Gasteiger partial charge in [0.15, 0.2) is 0 Å². The van der Waals surface area contributed by atoms with Crippen LogP contribution in [0.1, 0.15) is 30.4 Å². The van der Waals surface area contributed by atoms with Crippen molar-refractivity contribution in [1.82, 2.24) is 10.3 Å². The van der Waals surface area contributed by atoms with Gasteiger partial charge in [-0.2, -0.15) is 0 Å². The molecule has 4 aromatic rings. The van der Waals surface area contributed by atoms with Crippen molar-refractivity contribution in [3.8, 4) is 11.1 Å². The first-order valence-corrected chi connectivity index (χ1v) is 13.0. The monoisotopic (exact) mass is 567 g/mol. The number of pyridine rings is 1. The molecule has 0 aliphatic heterocycles. The van der Waals surface area contributed by atoms with E-state index in [-0.39, 0.29) is 5.54 Å². The number of nitrogens with two attached hydrogens (primary N) is 1. The smallest absolute Gasteiger partial charge is 0.0720 e. The molecule has 3 unspecified atom stereocenters. The highest BCUT2D eigenvalue weighted by Crippen LogP contribution is 2.42. The maximum atomic E-state index is 7.07. The summed E-state index contributed by atoms with van der Waals surface area (Å²) < 4.78 is 0.322. The average molecular weight is 568 g/mol. The van der Waals surface area contributed by atoms with Crippen LogP contribution in [0.2, 0.25) is 5.02 Å². The topological polar surface area (TPSA) is 50.9 Å². The third-order valence-corrected chi connectivity index (χ3v) is 8.67. The number of nitrogens with one attached hydrogen (secondary N) is 1. The van der Waals surface area contributed by atoms with Crippen molar-refractivity contribution < 1.29 is 0 Å². The van der Waals surface area contributed by atoms with Crippen LogP contribution in [0.5, 0.6) is 0 Å². The maximum absolute atomic E-state index is 7.07. The summed E-state index contributed by atoms with van der Waals surface area (Å²) in [6.45, 7) is 0.872. The zero-order valence-corrected chi connectivity index (χ0v) is 21.3. The van der Waals surface area contributed by atoms with Crippen LogP contribution in [0.3, 0.4) is 0 Å². The molecule has 1 aromatic heterocycles. The van der Waals surface area contributed by atoms with E-state index in [1.165, 1.54) is 22.3 Å². The number of alkyl halides is 1. The fourth-order valence-electron chi connectivity index (χ4n) is 4.87. The normalized spacial score (nSPS) is 23.0. The molecule has 0 bridgehead atoms. The SMILES string of the molecule is NC1(c2ccnc3cc(Cl)ccc23)CCC(NCc2ccc(-c3ccccc3)cc2)CC1I. The molecule has 1 aliphatic carbocycles. The molecule has 5 rings (SSSR count). The Morgan fingerprint density at radius 2 is 1.76 bits per heavy atom. The molecule has 1 saturated carbocycles. The largest absolute Gasteiger partial charge is 0.321 e. The van der Waals surface area contributed by atoms with Gasteiger partial charge in [0.25, 0.3) is 0 Å². The second-order valence-electron chi connectivity index (χ2n) is 8.94. The van der Waals surface area contributed by atoms with Crippen molar-refractivity contribution in [2.75, 3.05) is 0 Å². The Hall–Kier alpha value is -1.99. The number of hydrogen-bond acceptors (Lipinski definition) is 3. The van der Waals surface area contributed by atoms with Gasteiger partial charge in [-0.3, -0.25) is 4.98 Å². The maximum Gasteiger partial charge on any atom is 0.0720 e. The van der Waals surface area contributed by atoms with Gasteiger partial charge < -0.3 is 11.1 Å². The summed E-state index contributed by atoms with van der Waals surface area (Å²) in [6.07, 6.45) is 4.88. The molecule has 1 aliphatic rings. The Kier molecular flexibility index (Phi) is 6.70. The van der Waals surface area contributed by atoms with Gasteiger partial charge in [0.05, 0.1) is 11.1 Å². The van der Waals surface area contributed by atoms with E-state index in [1.807, 2.05) is 18.3 Å². The zero-order chi connectivity index (χ0) is 22.8. The van der Waals surface area contributed by atoms with E-state index in [9.17, 15) is 0 Å². The van der Waals surface area contributed by atoms with Crippen molar-refractivity contribution in [3.05, 3.63) is 101 Å². The lowest BCUT2D eigenvalue weighted by Crippen LogP contribution is -2.52. The molecule has 0 radical (unpaired) electrons. The van der Waals surface area contributed by atoms with Crippen LogP contribution in [0, 0.1) is 0 Å². The highest BCUT2D eigenvalue weighted by Gasteiger charge is 2.41. The van der Waals surface area contributed by atoms with Gasteiger partial charge in [0, 0.05) is 33.1 Å². The Morgan fingerprint density at radius 3 is 2.52 bits per heavy atom. The molecule has 0 amide bonds. The van der Waals surface area contributed by atoms with Crippen molar-refractivity contribution in [3.63, 3.8) is 0 Å². The molecule has 1 fully saturated rings. The van der Waals surface area contributed by atoms with Gasteiger partial charge in [-0.25, -0.2) is 0 Å². The van der Waals surface area contributed by atoms with E-state index in [0.717, 1.165) is 36.7 Å². The van der Waals surface area contributed by atoms with Crippen LogP contribution < -0.4 is 11.1 Å². The molecule has 1 heterocycles. The summed E-state index contributed by atoms with van der Waals surface area (Å²) in [5.74, 6) is 0. The molecule has 3 aromatic carbocycles. The molecule has 3 atom stereocenters. The number of halogens is 2. The minimum absolute atomic E-state index is 0.322. The predicted molar refractivity (Wildman–Crippen MR) is 147 cm³/mol. The van der Waals surface area contributed by atoms with Crippen molar-refractivity contribution >= 4 is 45.1 Å². The Labute approximate surface area is 213 Å². The summed E-state index contributed by atoms with van der Waals surface area (Å²) in [7, 11) is 0. The highest BCUT2D eigenvalue weighted by atomic mass is 127. The van der Waals surface area contributed by atoms with Gasteiger partial charge in [-0.05, 0) is 59.7 Å². The average Bonchev–Trinajstić information content (AvgIpc) is 2.85. The zero-order valence-electron chi connectivity index (χ0n) is 18.3. The van der Waals surface area contributed by atoms with Crippen LogP contribution in [-0.4, -0.2) is 15.0 Å². The van der Waals surface area contributed by atoms with E-state index in [4.69, 9.17) is 17.3 Å². The Morgan fingerprint density at radius 1 is 1.00 bits per heavy atom. The van der Waals surface area contributed by atoms with E-state index < -0.39 is 0 Å². The Bertz CT molecular complexity index is 1250. The summed E-state index contributed by atoms with van der Waals surface area (Å²) >= 11 is 8.73. The number of hydrogen-bond donors (Lipinski definition) is 2. The highest BCUT2D eigenvalue weighted by molar-refractivity contribution is 14.1. The molecule has 0 saturated heterocycles. The number of nitrogens with zero attached hydrogens (tertiary/aromatic N) is 1. The van der Waals surface area contributed by atoms with Crippen LogP contribution in [0.25, 0.3) is 22.0 Å². The molecule has 33 heavy (non-hydrogen) atoms. The van der Waals surface area contributed by atoms with E-state index in [0.29, 0.717) is 15.0 Å². The second kappa shape index (κ2) is 9.71. The van der Waals surface area contributed by atoms with Crippen molar-refractivity contribution in [2.24, 2.45) is 5.73 Å². The molecule has 168 valence electrons. The van der Waals surface area contributed by atoms with E-state index >= 15 is 0 Å². The second-order valence-corrected chi connectivity index (χ2v) is 10.9. The molecular weight excluding hydrogens is 541 g/mol. The van der Waals surface area contributed by atoms with Gasteiger partial charge >= 0.3 is 0 Å². The lowest BCUT2D eigenvalue weighted by atomic mass is 9.74. The third-order valence-electron chi connectivity index (χ3n) is 6.82. The van der Waals surface area contributed by atoms with Crippen LogP contribution in [0.15, 0.2) is 85.1 Å². The first-order chi connectivity index (χ1) is 16.0. The summed E-state index contributed by atoms with van der Waals surface area (Å²) in [5.41, 5.74) is 12.6. The van der Waals surface area contributed by atoms with Crippen LogP contribution >= 0.6 is 34.2 Å². The van der Waals surface area contributed by atoms with Crippen LogP contribution in [-0.2, 0) is 12.1 Å². The van der Waals surface area contributed by atoms with Crippen LogP contribution in [0.4, 0.5) is 0 Å². The van der Waals surface area contributed by atoms with Gasteiger partial charge in [0.2, 0.25) is 0 Å². The van der Waals surface area contributed by atoms with E-state index in [1.54, 1.807) is 0 Å². The summed E-state index contributed by atoms with van der Waals surface area (Å²) in [6, 6.07) is 27.8. The molecule has 3 N–H and O–H groups in total. The lowest BCUT2D eigenvalue weighted by molar-refractivity contribution is 0.271. The Balaban J connectivity index is 1.25. The van der Waals surface area contributed by atoms with Crippen molar-refractivity contribution in [1.29, 1.82) is 0 Å². The van der Waals surface area contributed by atoms with Gasteiger partial charge in [-0.1, -0.05) is 94.9 Å². The number of aromatic nitrogens is 1. The molecular formula is C28H27ClIN3. The van der Waals surface area contributed by atoms with Gasteiger partial charge in [0.1, 0.15) is 0 Å². The fraction of sp³-hybridized carbons (Fsp3) is 0.250. The first-order valence-electron chi connectivity index (χ1n) is 11.4. The molecule has 0 spiro atoms. The number of fused-ring (bicyclic) bond motifs is 1. The lowest BCUT2D eigenvalue weighted by Gasteiger charge is -2.42. The third kappa shape index (κ3) is 4.80. The summed E-state index contributed by atoms with van der Waals surface area (Å²) in [4.78, 5) is 4.50. The predicted octanol–water partition coefficient (Wildman–Crippen LogP) is 6.86.